The molecule has 11 aromatic rings. The summed E-state index contributed by atoms with van der Waals surface area (Å²) < 4.78 is 8.84. The molecule has 1 atom stereocenters. The molecule has 0 amide bonds. The van der Waals surface area contributed by atoms with Crippen molar-refractivity contribution in [1.29, 1.82) is 0 Å². The third-order valence-corrected chi connectivity index (χ3v) is 13.0. The number of furan rings is 1. The number of fused-ring (bicyclic) bond motifs is 8. The van der Waals surface area contributed by atoms with Gasteiger partial charge in [-0.2, -0.15) is 0 Å². The van der Waals surface area contributed by atoms with Crippen molar-refractivity contribution < 1.29 is 4.42 Å². The molecule has 278 valence electrons. The van der Waals surface area contributed by atoms with Gasteiger partial charge in [-0.15, -0.1) is 11.3 Å². The van der Waals surface area contributed by atoms with Crippen molar-refractivity contribution in [2.45, 2.75) is 6.17 Å². The van der Waals surface area contributed by atoms with Crippen LogP contribution in [-0.2, 0) is 0 Å². The number of halogens is 1. The maximum absolute atomic E-state index is 6.52. The van der Waals surface area contributed by atoms with Gasteiger partial charge in [-0.1, -0.05) is 139 Å². The third kappa shape index (κ3) is 5.73. The molecule has 3 heterocycles. The van der Waals surface area contributed by atoms with E-state index in [1.807, 2.05) is 35.6 Å². The largest absolute Gasteiger partial charge is 0.456 e. The Morgan fingerprint density at radius 3 is 2.14 bits per heavy atom. The van der Waals surface area contributed by atoms with Crippen molar-refractivity contribution in [2.75, 3.05) is 0 Å². The van der Waals surface area contributed by atoms with E-state index >= 15 is 0 Å². The van der Waals surface area contributed by atoms with Gasteiger partial charge in [0.2, 0.25) is 0 Å². The van der Waals surface area contributed by atoms with Crippen LogP contribution in [0.2, 0.25) is 5.02 Å². The Balaban J connectivity index is 0.999. The Hall–Kier alpha value is -7.05. The molecule has 1 N–H and O–H groups in total. The molecule has 0 spiro atoms. The zero-order chi connectivity index (χ0) is 39.0. The van der Waals surface area contributed by atoms with Crippen LogP contribution in [0.3, 0.4) is 0 Å². The molecule has 2 aromatic heterocycles. The second-order valence-electron chi connectivity index (χ2n) is 15.1. The smallest absolute Gasteiger partial charge is 0.159 e. The number of rotatable bonds is 5. The lowest BCUT2D eigenvalue weighted by molar-refractivity contribution is 0.669. The van der Waals surface area contributed by atoms with E-state index in [4.69, 9.17) is 26.0 Å². The van der Waals surface area contributed by atoms with Gasteiger partial charge in [0.05, 0.1) is 0 Å². The van der Waals surface area contributed by atoms with Crippen LogP contribution in [0.4, 0.5) is 0 Å². The molecular formula is C53H32ClN3OS. The fourth-order valence-corrected chi connectivity index (χ4v) is 10.0. The van der Waals surface area contributed by atoms with Gasteiger partial charge >= 0.3 is 0 Å². The molecule has 0 fully saturated rings. The topological polar surface area (TPSA) is 49.9 Å². The average Bonchev–Trinajstić information content (AvgIpc) is 3.86. The summed E-state index contributed by atoms with van der Waals surface area (Å²) in [6.45, 7) is 0. The van der Waals surface area contributed by atoms with Gasteiger partial charge in [-0.25, -0.2) is 9.98 Å². The van der Waals surface area contributed by atoms with Crippen molar-refractivity contribution >= 4 is 98.3 Å². The highest BCUT2D eigenvalue weighted by Gasteiger charge is 2.25. The fourth-order valence-electron chi connectivity index (χ4n) is 8.76. The van der Waals surface area contributed by atoms with Crippen LogP contribution >= 0.6 is 22.9 Å². The normalized spacial score (nSPS) is 14.4. The minimum atomic E-state index is -0.407. The van der Waals surface area contributed by atoms with E-state index < -0.39 is 6.17 Å². The monoisotopic (exact) mass is 793 g/mol. The molecule has 59 heavy (non-hydrogen) atoms. The van der Waals surface area contributed by atoms with Gasteiger partial charge < -0.3 is 9.73 Å². The molecule has 12 rings (SSSR count). The fraction of sp³-hybridized carbons (Fsp3) is 0.0189. The second-order valence-corrected chi connectivity index (χ2v) is 16.6. The minimum absolute atomic E-state index is 0.407. The molecule has 0 radical (unpaired) electrons. The lowest BCUT2D eigenvalue weighted by atomic mass is 9.91. The van der Waals surface area contributed by atoms with Crippen molar-refractivity contribution in [3.8, 4) is 22.3 Å². The summed E-state index contributed by atoms with van der Waals surface area (Å²) in [5.41, 5.74) is 9.22. The Labute approximate surface area is 348 Å². The van der Waals surface area contributed by atoms with Crippen LogP contribution in [0.1, 0.15) is 22.9 Å². The van der Waals surface area contributed by atoms with E-state index in [2.05, 4.69) is 163 Å². The van der Waals surface area contributed by atoms with Crippen molar-refractivity contribution in [3.05, 3.63) is 204 Å². The van der Waals surface area contributed by atoms with E-state index in [-0.39, 0.29) is 0 Å². The van der Waals surface area contributed by atoms with Crippen molar-refractivity contribution in [3.63, 3.8) is 0 Å². The number of thiophene rings is 1. The lowest BCUT2D eigenvalue weighted by Crippen LogP contribution is -2.33. The van der Waals surface area contributed by atoms with Gasteiger partial charge in [0, 0.05) is 52.7 Å². The van der Waals surface area contributed by atoms with Crippen LogP contribution in [0.25, 0.3) is 85.9 Å². The maximum atomic E-state index is 6.52. The standard InChI is InChI=1S/C53H32ClN3OS/c54-37-23-26-46-45(30-37)50-42(13-7-14-47(50)58-46)40-24-25-43(39-11-4-3-10-38(39)40)53-56-51(33-19-16-32(17-20-33)35-21-18-31-8-1-2-9-34(31)28-35)55-52(57-53)36-22-27-49-44(29-36)41-12-5-6-15-48(41)59-49/h1-30,53H,(H,55,56,57). The lowest BCUT2D eigenvalue weighted by Gasteiger charge is -2.25. The van der Waals surface area contributed by atoms with E-state index in [1.165, 1.54) is 36.5 Å². The molecule has 4 nitrogen and oxygen atoms in total. The van der Waals surface area contributed by atoms with Gasteiger partial charge in [-0.05, 0) is 98.4 Å². The quantitative estimate of drug-likeness (QED) is 0.189. The third-order valence-electron chi connectivity index (χ3n) is 11.6. The minimum Gasteiger partial charge on any atom is -0.456 e. The Bertz CT molecular complexity index is 3560. The molecule has 0 saturated heterocycles. The van der Waals surface area contributed by atoms with Gasteiger partial charge in [0.1, 0.15) is 23.2 Å². The summed E-state index contributed by atoms with van der Waals surface area (Å²) >= 11 is 8.34. The highest BCUT2D eigenvalue weighted by atomic mass is 35.5. The molecule has 6 heteroatoms. The van der Waals surface area contributed by atoms with E-state index in [0.717, 1.165) is 71.9 Å². The summed E-state index contributed by atoms with van der Waals surface area (Å²) in [5.74, 6) is 1.47. The van der Waals surface area contributed by atoms with Crippen LogP contribution in [0.5, 0.6) is 0 Å². The van der Waals surface area contributed by atoms with E-state index in [9.17, 15) is 0 Å². The first-order valence-electron chi connectivity index (χ1n) is 19.7. The van der Waals surface area contributed by atoms with Gasteiger partial charge in [0.15, 0.2) is 5.84 Å². The van der Waals surface area contributed by atoms with Crippen LogP contribution in [0, 0.1) is 0 Å². The predicted molar refractivity (Wildman–Crippen MR) is 249 cm³/mol. The number of amidine groups is 2. The summed E-state index contributed by atoms with van der Waals surface area (Å²) in [6, 6.07) is 64.1. The van der Waals surface area contributed by atoms with Crippen LogP contribution in [-0.4, -0.2) is 11.7 Å². The molecular weight excluding hydrogens is 762 g/mol. The zero-order valence-corrected chi connectivity index (χ0v) is 33.1. The van der Waals surface area contributed by atoms with Gasteiger partial charge in [-0.3, -0.25) is 0 Å². The van der Waals surface area contributed by atoms with E-state index in [0.29, 0.717) is 10.9 Å². The summed E-state index contributed by atoms with van der Waals surface area (Å²) in [6.07, 6.45) is -0.407. The summed E-state index contributed by atoms with van der Waals surface area (Å²) in [4.78, 5) is 10.6. The Kier molecular flexibility index (Phi) is 7.80. The SMILES string of the molecule is Clc1ccc2oc3cccc(-c4ccc(C5N=C(c6ccc(-c7ccc8ccccc8c7)cc6)N=C(c6ccc7sc8ccccc8c7c6)N5)c5ccccc45)c3c2c1. The number of aliphatic imine (C=N–C) groups is 2. The first-order valence-corrected chi connectivity index (χ1v) is 20.9. The Morgan fingerprint density at radius 2 is 1.24 bits per heavy atom. The summed E-state index contributed by atoms with van der Waals surface area (Å²) in [5, 5.41) is 13.7. The molecule has 9 aromatic carbocycles. The molecule has 0 aliphatic carbocycles. The number of hydrogen-bond donors (Lipinski definition) is 1. The molecule has 0 saturated carbocycles. The highest BCUT2D eigenvalue weighted by Crippen LogP contribution is 2.42. The molecule has 1 aliphatic rings. The zero-order valence-electron chi connectivity index (χ0n) is 31.5. The number of benzene rings is 9. The number of hydrogen-bond acceptors (Lipinski definition) is 5. The number of nitrogens with one attached hydrogen (secondary N) is 1. The van der Waals surface area contributed by atoms with Crippen molar-refractivity contribution in [2.24, 2.45) is 9.98 Å². The molecule has 1 aliphatic heterocycles. The number of nitrogens with zero attached hydrogens (tertiary/aromatic N) is 2. The van der Waals surface area contributed by atoms with Crippen LogP contribution in [0.15, 0.2) is 196 Å². The predicted octanol–water partition coefficient (Wildman–Crippen LogP) is 14.7. The second kappa shape index (κ2) is 13.5. The van der Waals surface area contributed by atoms with Crippen LogP contribution < -0.4 is 5.32 Å². The van der Waals surface area contributed by atoms with E-state index in [1.54, 1.807) is 0 Å². The van der Waals surface area contributed by atoms with Gasteiger partial charge in [0.25, 0.3) is 0 Å². The summed E-state index contributed by atoms with van der Waals surface area (Å²) in [7, 11) is 0. The first-order chi connectivity index (χ1) is 29.1. The highest BCUT2D eigenvalue weighted by molar-refractivity contribution is 7.25. The maximum Gasteiger partial charge on any atom is 0.159 e. The molecule has 1 unspecified atom stereocenters. The first kappa shape index (κ1) is 34.0. The molecule has 0 bridgehead atoms. The average molecular weight is 794 g/mol. The van der Waals surface area contributed by atoms with Crippen molar-refractivity contribution in [1.82, 2.24) is 5.32 Å². The Morgan fingerprint density at radius 1 is 0.492 bits per heavy atom.